The van der Waals surface area contributed by atoms with E-state index in [0.29, 0.717) is 35.8 Å². The summed E-state index contributed by atoms with van der Waals surface area (Å²) in [5, 5.41) is 10.7. The molecule has 0 aliphatic carbocycles. The van der Waals surface area contributed by atoms with Gasteiger partial charge in [0.15, 0.2) is 0 Å². The Hall–Kier alpha value is -3.20. The molecule has 1 saturated heterocycles. The third-order valence-electron chi connectivity index (χ3n) is 6.39. The van der Waals surface area contributed by atoms with Gasteiger partial charge in [0.25, 0.3) is 5.56 Å². The second-order valence-corrected chi connectivity index (χ2v) is 10.3. The number of thiophene rings is 1. The van der Waals surface area contributed by atoms with E-state index in [1.807, 2.05) is 20.7 Å². The molecule has 1 fully saturated rings. The van der Waals surface area contributed by atoms with Gasteiger partial charge in [-0.05, 0) is 42.0 Å². The molecule has 1 aliphatic heterocycles. The molecule has 5 rings (SSSR count). The number of carbonyl (C=O) groups excluding carboxylic acids is 1. The normalized spacial score (nSPS) is 14.6. The molecular formula is C25H30N6O2S. The number of carbonyl (C=O) groups is 1. The van der Waals surface area contributed by atoms with Crippen molar-refractivity contribution >= 4 is 38.9 Å². The zero-order valence-corrected chi connectivity index (χ0v) is 20.7. The van der Waals surface area contributed by atoms with Crippen LogP contribution >= 0.6 is 11.3 Å². The highest BCUT2D eigenvalue weighted by molar-refractivity contribution is 7.17. The Bertz CT molecular complexity index is 1390. The van der Waals surface area contributed by atoms with Gasteiger partial charge >= 0.3 is 0 Å². The predicted molar refractivity (Wildman–Crippen MR) is 136 cm³/mol. The number of benzene rings is 1. The zero-order chi connectivity index (χ0) is 23.8. The van der Waals surface area contributed by atoms with Crippen LogP contribution in [0.15, 0.2) is 40.5 Å². The van der Waals surface area contributed by atoms with Crippen LogP contribution in [0.5, 0.6) is 0 Å². The van der Waals surface area contributed by atoms with Crippen LogP contribution in [0.2, 0.25) is 0 Å². The number of aromatic nitrogens is 4. The summed E-state index contributed by atoms with van der Waals surface area (Å²) in [4.78, 5) is 30.3. The number of nitrogens with zero attached hydrogens (tertiary/aromatic N) is 6. The number of piperazine rings is 1. The van der Waals surface area contributed by atoms with Gasteiger partial charge in [-0.25, -0.2) is 0 Å². The summed E-state index contributed by atoms with van der Waals surface area (Å²) in [6.07, 6.45) is 0.864. The average Bonchev–Trinajstić information content (AvgIpc) is 3.47. The minimum atomic E-state index is -0.0206. The van der Waals surface area contributed by atoms with Crippen LogP contribution in [0.1, 0.15) is 31.7 Å². The lowest BCUT2D eigenvalue weighted by Gasteiger charge is -2.36. The molecule has 0 radical (unpaired) electrons. The summed E-state index contributed by atoms with van der Waals surface area (Å²) in [6.45, 7) is 9.95. The Morgan fingerprint density at radius 1 is 1.12 bits per heavy atom. The molecule has 178 valence electrons. The summed E-state index contributed by atoms with van der Waals surface area (Å²) in [5.74, 6) is 1.72. The second kappa shape index (κ2) is 9.21. The molecule has 0 N–H and O–H groups in total. The van der Waals surface area contributed by atoms with E-state index in [0.717, 1.165) is 37.5 Å². The highest BCUT2D eigenvalue weighted by Gasteiger charge is 2.23. The Morgan fingerprint density at radius 2 is 1.91 bits per heavy atom. The summed E-state index contributed by atoms with van der Waals surface area (Å²) >= 11 is 1.44. The van der Waals surface area contributed by atoms with Crippen LogP contribution < -0.4 is 10.5 Å². The number of hydrogen-bond donors (Lipinski definition) is 0. The van der Waals surface area contributed by atoms with Gasteiger partial charge in [0, 0.05) is 51.3 Å². The van der Waals surface area contributed by atoms with E-state index < -0.39 is 0 Å². The van der Waals surface area contributed by atoms with Gasteiger partial charge in [0.2, 0.25) is 11.7 Å². The van der Waals surface area contributed by atoms with Gasteiger partial charge in [0.1, 0.15) is 10.5 Å². The Balaban J connectivity index is 1.30. The fourth-order valence-corrected chi connectivity index (χ4v) is 5.51. The number of hydrogen-bond acceptors (Lipinski definition) is 6. The maximum atomic E-state index is 13.0. The van der Waals surface area contributed by atoms with E-state index in [2.05, 4.69) is 60.1 Å². The molecule has 1 aromatic carbocycles. The maximum absolute atomic E-state index is 13.0. The van der Waals surface area contributed by atoms with Crippen molar-refractivity contribution < 1.29 is 4.79 Å². The van der Waals surface area contributed by atoms with E-state index in [-0.39, 0.29) is 11.5 Å². The standard InChI is InChI=1S/C25H30N6O2S/c1-17(2)16-30-24(33)23-20(9-14-34-23)31-21(26-27-25(30)31)7-8-22(32)29-12-10-28(11-13-29)19-6-4-5-18(3)15-19/h4-6,9,14-15,17H,7-8,10-13,16H2,1-3H3. The molecule has 34 heavy (non-hydrogen) atoms. The van der Waals surface area contributed by atoms with Crippen LogP contribution in [0.4, 0.5) is 5.69 Å². The Kier molecular flexibility index (Phi) is 6.12. The second-order valence-electron chi connectivity index (χ2n) is 9.40. The molecule has 1 aliphatic rings. The molecule has 9 heteroatoms. The third kappa shape index (κ3) is 4.20. The molecule has 0 atom stereocenters. The van der Waals surface area contributed by atoms with Crippen molar-refractivity contribution in [2.45, 2.75) is 40.2 Å². The third-order valence-corrected chi connectivity index (χ3v) is 7.28. The number of fused-ring (bicyclic) bond motifs is 3. The first-order chi connectivity index (χ1) is 16.4. The van der Waals surface area contributed by atoms with E-state index >= 15 is 0 Å². The minimum absolute atomic E-state index is 0.0206. The molecule has 4 aromatic rings. The monoisotopic (exact) mass is 478 g/mol. The molecule has 0 unspecified atom stereocenters. The van der Waals surface area contributed by atoms with Gasteiger partial charge in [-0.15, -0.1) is 21.5 Å². The van der Waals surface area contributed by atoms with Crippen LogP contribution in [-0.4, -0.2) is 56.2 Å². The molecule has 1 amide bonds. The zero-order valence-electron chi connectivity index (χ0n) is 19.9. The van der Waals surface area contributed by atoms with Crippen molar-refractivity contribution in [1.82, 2.24) is 24.1 Å². The van der Waals surface area contributed by atoms with Gasteiger partial charge < -0.3 is 9.80 Å². The summed E-state index contributed by atoms with van der Waals surface area (Å²) in [5.41, 5.74) is 3.27. The molecule has 0 spiro atoms. The topological polar surface area (TPSA) is 75.7 Å². The SMILES string of the molecule is Cc1cccc(N2CCN(C(=O)CCc3nnc4n(CC(C)C)c(=O)c5sccc5n34)CC2)c1. The summed E-state index contributed by atoms with van der Waals surface area (Å²) < 4.78 is 4.37. The van der Waals surface area contributed by atoms with Crippen LogP contribution in [0.3, 0.4) is 0 Å². The highest BCUT2D eigenvalue weighted by Crippen LogP contribution is 2.22. The first kappa shape index (κ1) is 22.6. The van der Waals surface area contributed by atoms with Crippen molar-refractivity contribution in [1.29, 1.82) is 0 Å². The van der Waals surface area contributed by atoms with Crippen molar-refractivity contribution in [2.24, 2.45) is 5.92 Å². The molecule has 8 nitrogen and oxygen atoms in total. The number of aryl methyl sites for hydroxylation is 2. The van der Waals surface area contributed by atoms with Gasteiger partial charge in [-0.3, -0.25) is 18.6 Å². The Morgan fingerprint density at radius 3 is 2.65 bits per heavy atom. The number of anilines is 1. The first-order valence-corrected chi connectivity index (χ1v) is 12.7. The van der Waals surface area contributed by atoms with E-state index in [9.17, 15) is 9.59 Å². The Labute approximate surface area is 202 Å². The fraction of sp³-hybridized carbons (Fsp3) is 0.440. The van der Waals surface area contributed by atoms with Gasteiger partial charge in [-0.1, -0.05) is 26.0 Å². The van der Waals surface area contributed by atoms with Crippen LogP contribution in [0.25, 0.3) is 16.0 Å². The highest BCUT2D eigenvalue weighted by atomic mass is 32.1. The lowest BCUT2D eigenvalue weighted by molar-refractivity contribution is -0.131. The van der Waals surface area contributed by atoms with E-state index in [1.54, 1.807) is 4.57 Å². The fourth-order valence-electron chi connectivity index (χ4n) is 4.69. The molecular weight excluding hydrogens is 448 g/mol. The largest absolute Gasteiger partial charge is 0.368 e. The van der Waals surface area contributed by atoms with Crippen molar-refractivity contribution in [2.75, 3.05) is 31.1 Å². The van der Waals surface area contributed by atoms with Crippen molar-refractivity contribution in [3.05, 3.63) is 57.5 Å². The molecule has 4 heterocycles. The lowest BCUT2D eigenvalue weighted by atomic mass is 10.2. The molecule has 0 bridgehead atoms. The van der Waals surface area contributed by atoms with Gasteiger partial charge in [0.05, 0.1) is 5.52 Å². The predicted octanol–water partition coefficient (Wildman–Crippen LogP) is 3.35. The molecule has 3 aromatic heterocycles. The number of rotatable bonds is 6. The number of amides is 1. The quantitative estimate of drug-likeness (QED) is 0.425. The summed E-state index contributed by atoms with van der Waals surface area (Å²) in [6, 6.07) is 10.4. The maximum Gasteiger partial charge on any atom is 0.272 e. The van der Waals surface area contributed by atoms with Crippen LogP contribution in [-0.2, 0) is 17.8 Å². The first-order valence-electron chi connectivity index (χ1n) is 11.9. The van der Waals surface area contributed by atoms with E-state index in [1.165, 1.54) is 22.6 Å². The smallest absolute Gasteiger partial charge is 0.272 e. The molecule has 0 saturated carbocycles. The van der Waals surface area contributed by atoms with E-state index in [4.69, 9.17) is 0 Å². The minimum Gasteiger partial charge on any atom is -0.368 e. The lowest BCUT2D eigenvalue weighted by Crippen LogP contribution is -2.48. The van der Waals surface area contributed by atoms with Crippen molar-refractivity contribution in [3.8, 4) is 0 Å². The summed E-state index contributed by atoms with van der Waals surface area (Å²) in [7, 11) is 0. The van der Waals surface area contributed by atoms with Crippen LogP contribution in [0, 0.1) is 12.8 Å². The van der Waals surface area contributed by atoms with Gasteiger partial charge in [-0.2, -0.15) is 0 Å². The van der Waals surface area contributed by atoms with Crippen molar-refractivity contribution in [3.63, 3.8) is 0 Å². The average molecular weight is 479 g/mol.